The number of rotatable bonds is 3. The van der Waals surface area contributed by atoms with Crippen LogP contribution in [0.5, 0.6) is 0 Å². The van der Waals surface area contributed by atoms with Crippen molar-refractivity contribution in [3.05, 3.63) is 59.5 Å². The van der Waals surface area contributed by atoms with Crippen molar-refractivity contribution in [1.82, 2.24) is 4.90 Å². The zero-order valence-electron chi connectivity index (χ0n) is 12.7. The van der Waals surface area contributed by atoms with Crippen LogP contribution in [0, 0.1) is 0 Å². The molecule has 0 radical (unpaired) electrons. The topological polar surface area (TPSA) is 80.0 Å². The molecule has 2 heterocycles. The van der Waals surface area contributed by atoms with Crippen molar-refractivity contribution >= 4 is 11.9 Å². The molecule has 0 spiro atoms. The van der Waals surface area contributed by atoms with E-state index in [2.05, 4.69) is 0 Å². The molecule has 1 saturated heterocycles. The highest BCUT2D eigenvalue weighted by molar-refractivity contribution is 5.93. The number of amides is 1. The Morgan fingerprint density at radius 1 is 1.13 bits per heavy atom. The summed E-state index contributed by atoms with van der Waals surface area (Å²) in [7, 11) is 0. The first-order valence-corrected chi connectivity index (χ1v) is 7.31. The van der Waals surface area contributed by atoms with Gasteiger partial charge in [-0.1, -0.05) is 30.3 Å². The molecule has 1 aliphatic rings. The molecule has 6 heteroatoms. The number of ether oxygens (including phenoxy) is 1. The van der Waals surface area contributed by atoms with E-state index >= 15 is 0 Å². The number of hydrogen-bond acceptors (Lipinski definition) is 4. The van der Waals surface area contributed by atoms with Gasteiger partial charge in [-0.25, -0.2) is 4.79 Å². The zero-order chi connectivity index (χ0) is 16.4. The standard InChI is InChI=1S/C17H17NO5/c1-17(12-5-3-2-4-6-12)11-18(9-10-22-17)15(19)13-7-8-14(23-13)16(20)21/h2-8H,9-11H2,1H3,(H,20,21). The van der Waals surface area contributed by atoms with E-state index in [0.717, 1.165) is 5.56 Å². The first-order chi connectivity index (χ1) is 11.0. The number of hydrogen-bond donors (Lipinski definition) is 1. The fraction of sp³-hybridized carbons (Fsp3) is 0.294. The van der Waals surface area contributed by atoms with Gasteiger partial charge in [-0.3, -0.25) is 4.79 Å². The molecule has 0 saturated carbocycles. The largest absolute Gasteiger partial charge is 0.475 e. The zero-order valence-corrected chi connectivity index (χ0v) is 12.7. The molecule has 3 rings (SSSR count). The van der Waals surface area contributed by atoms with Crippen molar-refractivity contribution in [1.29, 1.82) is 0 Å². The second-order valence-electron chi connectivity index (χ2n) is 5.64. The summed E-state index contributed by atoms with van der Waals surface area (Å²) in [6.07, 6.45) is 0. The SMILES string of the molecule is CC1(c2ccccc2)CN(C(=O)c2ccc(C(=O)O)o2)CCO1. The predicted octanol–water partition coefficient (Wildman–Crippen LogP) is 2.37. The molecule has 2 aromatic rings. The highest BCUT2D eigenvalue weighted by Crippen LogP contribution is 2.30. The number of aromatic carboxylic acids is 1. The van der Waals surface area contributed by atoms with Gasteiger partial charge in [0.25, 0.3) is 5.91 Å². The minimum absolute atomic E-state index is 0.0275. The minimum Gasteiger partial charge on any atom is -0.475 e. The summed E-state index contributed by atoms with van der Waals surface area (Å²) in [6, 6.07) is 12.4. The molecule has 120 valence electrons. The summed E-state index contributed by atoms with van der Waals surface area (Å²) >= 11 is 0. The predicted molar refractivity (Wildman–Crippen MR) is 81.3 cm³/mol. The molecule has 1 aromatic heterocycles. The van der Waals surface area contributed by atoms with Crippen LogP contribution in [0.15, 0.2) is 46.9 Å². The summed E-state index contributed by atoms with van der Waals surface area (Å²) in [6.45, 7) is 3.15. The van der Waals surface area contributed by atoms with E-state index in [4.69, 9.17) is 14.3 Å². The lowest BCUT2D eigenvalue weighted by Gasteiger charge is -2.40. The Morgan fingerprint density at radius 3 is 2.48 bits per heavy atom. The molecule has 0 aliphatic carbocycles. The first kappa shape index (κ1) is 15.3. The van der Waals surface area contributed by atoms with Crippen LogP contribution in [0.3, 0.4) is 0 Å². The average Bonchev–Trinajstić information content (AvgIpc) is 3.05. The Morgan fingerprint density at radius 2 is 1.83 bits per heavy atom. The van der Waals surface area contributed by atoms with E-state index in [1.54, 1.807) is 4.90 Å². The third-order valence-electron chi connectivity index (χ3n) is 3.97. The third-order valence-corrected chi connectivity index (χ3v) is 3.97. The normalized spacial score (nSPS) is 21.2. The summed E-state index contributed by atoms with van der Waals surface area (Å²) in [5, 5.41) is 8.88. The van der Waals surface area contributed by atoms with Gasteiger partial charge in [0.1, 0.15) is 5.60 Å². The number of carboxylic acid groups (broad SMARTS) is 1. The van der Waals surface area contributed by atoms with Crippen LogP contribution in [0.4, 0.5) is 0 Å². The molecule has 1 fully saturated rings. The maximum Gasteiger partial charge on any atom is 0.371 e. The van der Waals surface area contributed by atoms with E-state index < -0.39 is 11.6 Å². The Bertz CT molecular complexity index is 724. The molecular weight excluding hydrogens is 298 g/mol. The molecule has 1 aliphatic heterocycles. The minimum atomic E-state index is -1.19. The van der Waals surface area contributed by atoms with Crippen LogP contribution >= 0.6 is 0 Å². The number of benzene rings is 1. The lowest BCUT2D eigenvalue weighted by atomic mass is 9.94. The lowest BCUT2D eigenvalue weighted by molar-refractivity contribution is -0.0935. The summed E-state index contributed by atoms with van der Waals surface area (Å²) < 4.78 is 11.0. The number of carbonyl (C=O) groups is 2. The molecule has 6 nitrogen and oxygen atoms in total. The molecule has 1 unspecified atom stereocenters. The molecule has 1 amide bonds. The van der Waals surface area contributed by atoms with Crippen LogP contribution in [-0.2, 0) is 10.3 Å². The van der Waals surface area contributed by atoms with Crippen molar-refractivity contribution in [3.8, 4) is 0 Å². The Kier molecular flexibility index (Phi) is 3.92. The van der Waals surface area contributed by atoms with Gasteiger partial charge >= 0.3 is 5.97 Å². The highest BCUT2D eigenvalue weighted by atomic mass is 16.5. The lowest BCUT2D eigenvalue weighted by Crippen LogP contribution is -2.50. The van der Waals surface area contributed by atoms with Gasteiger partial charge in [0, 0.05) is 6.54 Å². The van der Waals surface area contributed by atoms with Gasteiger partial charge in [0.15, 0.2) is 5.76 Å². The van der Waals surface area contributed by atoms with Crippen LogP contribution in [0.1, 0.15) is 33.6 Å². The highest BCUT2D eigenvalue weighted by Gasteiger charge is 2.36. The summed E-state index contributed by atoms with van der Waals surface area (Å²) in [4.78, 5) is 25.0. The van der Waals surface area contributed by atoms with Crippen LogP contribution in [-0.4, -0.2) is 41.6 Å². The van der Waals surface area contributed by atoms with E-state index in [9.17, 15) is 9.59 Å². The fourth-order valence-corrected chi connectivity index (χ4v) is 2.73. The average molecular weight is 315 g/mol. The van der Waals surface area contributed by atoms with Gasteiger partial charge in [0.05, 0.1) is 13.2 Å². The summed E-state index contributed by atoms with van der Waals surface area (Å²) in [5.74, 6) is -1.74. The Balaban J connectivity index is 1.80. The monoisotopic (exact) mass is 315 g/mol. The second kappa shape index (κ2) is 5.89. The van der Waals surface area contributed by atoms with Crippen molar-refractivity contribution in [3.63, 3.8) is 0 Å². The number of carboxylic acids is 1. The second-order valence-corrected chi connectivity index (χ2v) is 5.64. The van der Waals surface area contributed by atoms with Gasteiger partial charge in [-0.05, 0) is 24.6 Å². The van der Waals surface area contributed by atoms with Gasteiger partial charge < -0.3 is 19.2 Å². The molecule has 23 heavy (non-hydrogen) atoms. The van der Waals surface area contributed by atoms with Crippen molar-refractivity contribution in [2.75, 3.05) is 19.7 Å². The molecule has 1 atom stereocenters. The quantitative estimate of drug-likeness (QED) is 0.940. The summed E-state index contributed by atoms with van der Waals surface area (Å²) in [5.41, 5.74) is 0.389. The molecular formula is C17H17NO5. The maximum atomic E-state index is 12.5. The number of nitrogens with zero attached hydrogens (tertiary/aromatic N) is 1. The van der Waals surface area contributed by atoms with Crippen molar-refractivity contribution < 1.29 is 23.8 Å². The number of carbonyl (C=O) groups excluding carboxylic acids is 1. The van der Waals surface area contributed by atoms with Crippen molar-refractivity contribution in [2.24, 2.45) is 0 Å². The van der Waals surface area contributed by atoms with Gasteiger partial charge in [-0.15, -0.1) is 0 Å². The number of furan rings is 1. The van der Waals surface area contributed by atoms with E-state index in [0.29, 0.717) is 19.7 Å². The molecule has 1 N–H and O–H groups in total. The van der Waals surface area contributed by atoms with Crippen LogP contribution in [0.25, 0.3) is 0 Å². The molecule has 1 aromatic carbocycles. The smallest absolute Gasteiger partial charge is 0.371 e. The van der Waals surface area contributed by atoms with Gasteiger partial charge in [-0.2, -0.15) is 0 Å². The molecule has 0 bridgehead atoms. The van der Waals surface area contributed by atoms with E-state index in [1.165, 1.54) is 12.1 Å². The van der Waals surface area contributed by atoms with Gasteiger partial charge in [0.2, 0.25) is 5.76 Å². The van der Waals surface area contributed by atoms with E-state index in [1.807, 2.05) is 37.3 Å². The Hall–Kier alpha value is -2.60. The Labute approximate surface area is 133 Å². The fourth-order valence-electron chi connectivity index (χ4n) is 2.73. The number of morpholine rings is 1. The van der Waals surface area contributed by atoms with Crippen molar-refractivity contribution in [2.45, 2.75) is 12.5 Å². The maximum absolute atomic E-state index is 12.5. The van der Waals surface area contributed by atoms with E-state index in [-0.39, 0.29) is 17.4 Å². The van der Waals surface area contributed by atoms with Crippen LogP contribution < -0.4 is 0 Å². The first-order valence-electron chi connectivity index (χ1n) is 7.31. The van der Waals surface area contributed by atoms with Crippen LogP contribution in [0.2, 0.25) is 0 Å². The third kappa shape index (κ3) is 2.98.